The van der Waals surface area contributed by atoms with Crippen molar-refractivity contribution < 1.29 is 9.52 Å². The Balaban J connectivity index is 1.58. The highest BCUT2D eigenvalue weighted by molar-refractivity contribution is 5.80. The van der Waals surface area contributed by atoms with Gasteiger partial charge in [-0.2, -0.15) is 0 Å². The summed E-state index contributed by atoms with van der Waals surface area (Å²) in [7, 11) is 0. The fourth-order valence-corrected chi connectivity index (χ4v) is 3.93. The van der Waals surface area contributed by atoms with Crippen LogP contribution in [0.25, 0.3) is 0 Å². The van der Waals surface area contributed by atoms with Gasteiger partial charge in [-0.15, -0.1) is 0 Å². The predicted molar refractivity (Wildman–Crippen MR) is 91.4 cm³/mol. The molecule has 23 heavy (non-hydrogen) atoms. The Hall–Kier alpha value is -1.49. The minimum atomic E-state index is 0.0588. The molecule has 5 nitrogen and oxygen atoms in total. The lowest BCUT2D eigenvalue weighted by Crippen LogP contribution is -2.50. The maximum absolute atomic E-state index is 9.46. The zero-order valence-electron chi connectivity index (χ0n) is 14.0. The molecule has 0 saturated heterocycles. The zero-order valence-corrected chi connectivity index (χ0v) is 14.0. The summed E-state index contributed by atoms with van der Waals surface area (Å²) in [6.45, 7) is 2.89. The van der Waals surface area contributed by atoms with Crippen molar-refractivity contribution in [3.63, 3.8) is 0 Å². The molecular weight excluding hydrogens is 290 g/mol. The van der Waals surface area contributed by atoms with E-state index in [9.17, 15) is 5.11 Å². The number of rotatable bonds is 7. The molecule has 2 saturated carbocycles. The van der Waals surface area contributed by atoms with Gasteiger partial charge in [-0.25, -0.2) is 0 Å². The fraction of sp³-hybridized carbons (Fsp3) is 0.722. The van der Waals surface area contributed by atoms with Crippen LogP contribution in [-0.2, 0) is 6.42 Å². The summed E-state index contributed by atoms with van der Waals surface area (Å²) in [5.41, 5.74) is 0. The number of aliphatic imine (C=N–C) groups is 1. The smallest absolute Gasteiger partial charge is 0.191 e. The molecule has 2 aliphatic carbocycles. The Morgan fingerprint density at radius 3 is 2.96 bits per heavy atom. The summed E-state index contributed by atoms with van der Waals surface area (Å²) in [5.74, 6) is 3.50. The second-order valence-electron chi connectivity index (χ2n) is 6.92. The first-order valence-electron chi connectivity index (χ1n) is 8.99. The lowest BCUT2D eigenvalue weighted by Gasteiger charge is -2.27. The Morgan fingerprint density at radius 2 is 2.35 bits per heavy atom. The van der Waals surface area contributed by atoms with Crippen LogP contribution in [0.3, 0.4) is 0 Å². The highest BCUT2D eigenvalue weighted by atomic mass is 16.3. The van der Waals surface area contributed by atoms with Crippen LogP contribution < -0.4 is 10.6 Å². The van der Waals surface area contributed by atoms with Gasteiger partial charge in [0.2, 0.25) is 0 Å². The van der Waals surface area contributed by atoms with E-state index in [1.54, 1.807) is 6.26 Å². The molecule has 1 aromatic heterocycles. The molecule has 1 aromatic rings. The summed E-state index contributed by atoms with van der Waals surface area (Å²) < 4.78 is 5.36. The van der Waals surface area contributed by atoms with Gasteiger partial charge in [0.25, 0.3) is 0 Å². The summed E-state index contributed by atoms with van der Waals surface area (Å²) in [6.07, 6.45) is 8.76. The molecular formula is C18H29N3O2. The molecule has 3 rings (SSSR count). The number of hydrogen-bond acceptors (Lipinski definition) is 3. The van der Waals surface area contributed by atoms with Crippen molar-refractivity contribution in [3.05, 3.63) is 24.2 Å². The molecule has 4 atom stereocenters. The quantitative estimate of drug-likeness (QED) is 0.533. The molecule has 0 amide bonds. The summed E-state index contributed by atoms with van der Waals surface area (Å²) >= 11 is 0. The number of aliphatic hydroxyl groups is 1. The van der Waals surface area contributed by atoms with Crippen LogP contribution in [0, 0.1) is 11.8 Å². The molecule has 2 bridgehead atoms. The molecule has 3 N–H and O–H groups in total. The van der Waals surface area contributed by atoms with E-state index in [0.29, 0.717) is 12.6 Å². The van der Waals surface area contributed by atoms with Crippen LogP contribution in [0.5, 0.6) is 0 Å². The maximum Gasteiger partial charge on any atom is 0.191 e. The molecule has 2 fully saturated rings. The van der Waals surface area contributed by atoms with Crippen LogP contribution >= 0.6 is 0 Å². The second-order valence-corrected chi connectivity index (χ2v) is 6.92. The molecule has 0 radical (unpaired) electrons. The van der Waals surface area contributed by atoms with E-state index < -0.39 is 0 Å². The van der Waals surface area contributed by atoms with Gasteiger partial charge < -0.3 is 20.2 Å². The first kappa shape index (κ1) is 16.4. The average Bonchev–Trinajstić information content (AvgIpc) is 3.30. The summed E-state index contributed by atoms with van der Waals surface area (Å²) in [5, 5.41) is 16.5. The van der Waals surface area contributed by atoms with E-state index in [1.807, 2.05) is 12.1 Å². The van der Waals surface area contributed by atoms with Gasteiger partial charge in [0, 0.05) is 19.0 Å². The Kier molecular flexibility index (Phi) is 5.60. The van der Waals surface area contributed by atoms with E-state index >= 15 is 0 Å². The Bertz CT molecular complexity index is 496. The summed E-state index contributed by atoms with van der Waals surface area (Å²) in [6, 6.07) is 4.49. The maximum atomic E-state index is 9.46. The van der Waals surface area contributed by atoms with E-state index in [2.05, 4.69) is 17.6 Å². The lowest BCUT2D eigenvalue weighted by molar-refractivity contribution is 0.251. The molecule has 128 valence electrons. The van der Waals surface area contributed by atoms with Crippen molar-refractivity contribution in [3.8, 4) is 0 Å². The lowest BCUT2D eigenvalue weighted by atomic mass is 9.95. The largest absolute Gasteiger partial charge is 0.469 e. The van der Waals surface area contributed by atoms with Gasteiger partial charge >= 0.3 is 0 Å². The first-order valence-corrected chi connectivity index (χ1v) is 8.99. The standard InChI is InChI=1S/C18H29N3O2/c1-2-15(12-22)20-18(19-8-7-16-4-3-9-23-16)21-17-11-13-5-6-14(17)10-13/h3-4,9,13-15,17,22H,2,5-8,10-12H2,1H3,(H2,19,20,21)/t13?,14?,15-,17?/m1/s1. The van der Waals surface area contributed by atoms with Crippen LogP contribution in [0.4, 0.5) is 0 Å². The number of aliphatic hydroxyl groups excluding tert-OH is 1. The number of nitrogens with one attached hydrogen (secondary N) is 2. The van der Waals surface area contributed by atoms with Crippen LogP contribution in [0.15, 0.2) is 27.8 Å². The van der Waals surface area contributed by atoms with Crippen molar-refractivity contribution in [1.82, 2.24) is 10.6 Å². The van der Waals surface area contributed by atoms with E-state index in [0.717, 1.165) is 36.4 Å². The predicted octanol–water partition coefficient (Wildman–Crippen LogP) is 2.32. The Morgan fingerprint density at radius 1 is 1.43 bits per heavy atom. The van der Waals surface area contributed by atoms with Crippen molar-refractivity contribution in [1.29, 1.82) is 0 Å². The summed E-state index contributed by atoms with van der Waals surface area (Å²) in [4.78, 5) is 4.70. The molecule has 1 heterocycles. The van der Waals surface area contributed by atoms with E-state index in [4.69, 9.17) is 9.41 Å². The fourth-order valence-electron chi connectivity index (χ4n) is 3.93. The average molecular weight is 319 g/mol. The van der Waals surface area contributed by atoms with Gasteiger partial charge in [0.15, 0.2) is 5.96 Å². The van der Waals surface area contributed by atoms with E-state index in [-0.39, 0.29) is 12.6 Å². The van der Waals surface area contributed by atoms with E-state index in [1.165, 1.54) is 25.7 Å². The highest BCUT2D eigenvalue weighted by Gasteiger charge is 2.39. The van der Waals surface area contributed by atoms with Crippen molar-refractivity contribution >= 4 is 5.96 Å². The third-order valence-electron chi connectivity index (χ3n) is 5.32. The van der Waals surface area contributed by atoms with Crippen molar-refractivity contribution in [2.45, 2.75) is 57.5 Å². The number of nitrogens with zero attached hydrogens (tertiary/aromatic N) is 1. The number of guanidine groups is 1. The monoisotopic (exact) mass is 319 g/mol. The first-order chi connectivity index (χ1) is 11.3. The molecule has 0 aromatic carbocycles. The van der Waals surface area contributed by atoms with Crippen LogP contribution in [-0.4, -0.2) is 36.3 Å². The number of furan rings is 1. The van der Waals surface area contributed by atoms with Crippen LogP contribution in [0.1, 0.15) is 44.8 Å². The van der Waals surface area contributed by atoms with Gasteiger partial charge in [-0.05, 0) is 49.7 Å². The molecule has 5 heteroatoms. The third-order valence-corrected chi connectivity index (χ3v) is 5.32. The Labute approximate surface area is 138 Å². The molecule has 0 aliphatic heterocycles. The SMILES string of the molecule is CC[C@H](CO)NC(=NCCc1ccco1)NC1CC2CCC1C2. The number of fused-ring (bicyclic) bond motifs is 2. The highest BCUT2D eigenvalue weighted by Crippen LogP contribution is 2.44. The normalized spacial score (nSPS) is 28.1. The molecule has 2 aliphatic rings. The van der Waals surface area contributed by atoms with Crippen molar-refractivity contribution in [2.75, 3.05) is 13.2 Å². The number of hydrogen-bond donors (Lipinski definition) is 3. The van der Waals surface area contributed by atoms with Gasteiger partial charge in [0.1, 0.15) is 5.76 Å². The van der Waals surface area contributed by atoms with Crippen LogP contribution in [0.2, 0.25) is 0 Å². The third kappa shape index (κ3) is 4.28. The van der Waals surface area contributed by atoms with Gasteiger partial charge in [-0.1, -0.05) is 13.3 Å². The second kappa shape index (κ2) is 7.86. The minimum absolute atomic E-state index is 0.0588. The molecule has 3 unspecified atom stereocenters. The van der Waals surface area contributed by atoms with Crippen molar-refractivity contribution in [2.24, 2.45) is 16.8 Å². The van der Waals surface area contributed by atoms with Gasteiger partial charge in [-0.3, -0.25) is 4.99 Å². The zero-order chi connectivity index (χ0) is 16.1. The topological polar surface area (TPSA) is 69.8 Å². The molecule has 0 spiro atoms. The minimum Gasteiger partial charge on any atom is -0.469 e. The van der Waals surface area contributed by atoms with Gasteiger partial charge in [0.05, 0.1) is 18.9 Å².